The molecule has 1 saturated heterocycles. The quantitative estimate of drug-likeness (QED) is 0.391. The summed E-state index contributed by atoms with van der Waals surface area (Å²) in [6.07, 6.45) is 4.82. The molecule has 190 valence electrons. The van der Waals surface area contributed by atoms with E-state index >= 15 is 0 Å². The van der Waals surface area contributed by atoms with Crippen LogP contribution in [0.4, 0.5) is 0 Å². The first-order valence-electron chi connectivity index (χ1n) is 12.3. The lowest BCUT2D eigenvalue weighted by molar-refractivity contribution is 0.203. The van der Waals surface area contributed by atoms with Crippen LogP contribution >= 0.6 is 35.3 Å². The Hall–Kier alpha value is -2.23. The zero-order valence-corrected chi connectivity index (χ0v) is 22.6. The van der Waals surface area contributed by atoms with Crippen molar-refractivity contribution in [2.75, 3.05) is 33.2 Å². The van der Waals surface area contributed by atoms with E-state index in [-0.39, 0.29) is 18.0 Å². The molecule has 7 nitrogen and oxygen atoms in total. The zero-order chi connectivity index (χ0) is 23.9. The summed E-state index contributed by atoms with van der Waals surface area (Å²) in [4.78, 5) is 24.9. The Balaban J connectivity index is 0.00000267. The molecule has 1 fully saturated rings. The van der Waals surface area contributed by atoms with Crippen LogP contribution in [0.2, 0.25) is 5.02 Å². The minimum Gasteiger partial charge on any atom is -0.302 e. The normalized spacial score (nSPS) is 17.3. The minimum absolute atomic E-state index is 0. The van der Waals surface area contributed by atoms with Gasteiger partial charge in [0, 0.05) is 42.0 Å². The molecule has 2 aliphatic rings. The Morgan fingerprint density at radius 3 is 2.69 bits per heavy atom. The van der Waals surface area contributed by atoms with Crippen molar-refractivity contribution in [3.05, 3.63) is 68.2 Å². The SMILES string of the molecule is CN1CCc2c(sc3ncn(CCN4CCC(c5cc(-c6ccc(Cl)cc6)[nH]n5)CC4)c(=O)c23)C1.Cl. The molecule has 0 radical (unpaired) electrons. The van der Waals surface area contributed by atoms with Gasteiger partial charge in [-0.15, -0.1) is 23.7 Å². The van der Waals surface area contributed by atoms with Gasteiger partial charge in [-0.05, 0) is 68.7 Å². The number of aromatic nitrogens is 4. The Morgan fingerprint density at radius 2 is 1.92 bits per heavy atom. The number of fused-ring (bicyclic) bond motifs is 3. The number of likely N-dealkylation sites (N-methyl/N-ethyl adjacent to an activating group) is 1. The lowest BCUT2D eigenvalue weighted by Gasteiger charge is -2.31. The highest BCUT2D eigenvalue weighted by atomic mass is 35.5. The van der Waals surface area contributed by atoms with Gasteiger partial charge in [0.2, 0.25) is 0 Å². The maximum Gasteiger partial charge on any atom is 0.262 e. The maximum atomic E-state index is 13.3. The highest BCUT2D eigenvalue weighted by Crippen LogP contribution is 2.32. The van der Waals surface area contributed by atoms with E-state index in [0.29, 0.717) is 12.5 Å². The molecular formula is C26H30Cl2N6OS. The Labute approximate surface area is 225 Å². The average molecular weight is 546 g/mol. The highest BCUT2D eigenvalue weighted by molar-refractivity contribution is 7.18. The van der Waals surface area contributed by atoms with E-state index in [1.807, 2.05) is 28.8 Å². The standard InChI is InChI=1S/C26H29ClN6OS.ClH/c1-31-9-8-20-23(15-31)35-25-24(20)26(34)33(16-28-25)13-12-32-10-6-18(7-11-32)22-14-21(29-30-22)17-2-4-19(27)5-3-17;/h2-5,14,16,18H,6-13,15H2,1H3,(H,29,30);1H. The molecule has 5 heterocycles. The Bertz CT molecular complexity index is 1400. The predicted molar refractivity (Wildman–Crippen MR) is 149 cm³/mol. The van der Waals surface area contributed by atoms with Gasteiger partial charge in [0.1, 0.15) is 4.83 Å². The monoisotopic (exact) mass is 544 g/mol. The van der Waals surface area contributed by atoms with Crippen LogP contribution in [-0.4, -0.2) is 62.8 Å². The van der Waals surface area contributed by atoms with Gasteiger partial charge in [0.05, 0.1) is 23.1 Å². The second-order valence-electron chi connectivity index (χ2n) is 9.74. The lowest BCUT2D eigenvalue weighted by atomic mass is 9.93. The maximum absolute atomic E-state index is 13.3. The number of nitrogens with zero attached hydrogens (tertiary/aromatic N) is 5. The molecule has 1 aromatic carbocycles. The van der Waals surface area contributed by atoms with E-state index in [4.69, 9.17) is 11.6 Å². The molecule has 0 amide bonds. The van der Waals surface area contributed by atoms with Crippen molar-refractivity contribution in [2.24, 2.45) is 0 Å². The van der Waals surface area contributed by atoms with E-state index in [1.165, 1.54) is 10.4 Å². The number of halogens is 2. The van der Waals surface area contributed by atoms with Crippen LogP contribution < -0.4 is 5.56 Å². The molecule has 0 spiro atoms. The van der Waals surface area contributed by atoms with Crippen molar-refractivity contribution in [1.29, 1.82) is 0 Å². The molecule has 0 atom stereocenters. The molecule has 3 aromatic heterocycles. The third kappa shape index (κ3) is 4.97. The van der Waals surface area contributed by atoms with Crippen molar-refractivity contribution in [3.8, 4) is 11.3 Å². The van der Waals surface area contributed by atoms with E-state index < -0.39 is 0 Å². The molecule has 6 rings (SSSR count). The van der Waals surface area contributed by atoms with Gasteiger partial charge in [0.25, 0.3) is 5.56 Å². The molecule has 10 heteroatoms. The molecule has 0 bridgehead atoms. The lowest BCUT2D eigenvalue weighted by Crippen LogP contribution is -2.37. The summed E-state index contributed by atoms with van der Waals surface area (Å²) in [5.74, 6) is 0.458. The molecule has 2 aliphatic heterocycles. The zero-order valence-electron chi connectivity index (χ0n) is 20.2. The van der Waals surface area contributed by atoms with Crippen LogP contribution in [0.15, 0.2) is 41.5 Å². The number of nitrogens with one attached hydrogen (secondary N) is 1. The predicted octanol–water partition coefficient (Wildman–Crippen LogP) is 4.79. The molecule has 4 aromatic rings. The second kappa shape index (κ2) is 10.6. The number of likely N-dealkylation sites (tertiary alicyclic amines) is 1. The fourth-order valence-corrected chi connectivity index (χ4v) is 6.71. The molecule has 0 saturated carbocycles. The summed E-state index contributed by atoms with van der Waals surface area (Å²) >= 11 is 7.69. The molecule has 0 aliphatic carbocycles. The van der Waals surface area contributed by atoms with Gasteiger partial charge in [-0.25, -0.2) is 4.98 Å². The van der Waals surface area contributed by atoms with Crippen LogP contribution in [0.25, 0.3) is 21.5 Å². The number of thiophene rings is 1. The smallest absolute Gasteiger partial charge is 0.262 e. The number of hydrogen-bond donors (Lipinski definition) is 1. The van der Waals surface area contributed by atoms with Crippen molar-refractivity contribution < 1.29 is 0 Å². The van der Waals surface area contributed by atoms with E-state index in [0.717, 1.165) is 84.2 Å². The Kier molecular flexibility index (Phi) is 7.51. The van der Waals surface area contributed by atoms with Crippen LogP contribution in [0, 0.1) is 0 Å². The minimum atomic E-state index is 0. The van der Waals surface area contributed by atoms with Crippen LogP contribution in [-0.2, 0) is 19.5 Å². The number of benzene rings is 1. The summed E-state index contributed by atoms with van der Waals surface area (Å²) in [6, 6.07) is 10.0. The second-order valence-corrected chi connectivity index (χ2v) is 11.3. The van der Waals surface area contributed by atoms with Crippen LogP contribution in [0.5, 0.6) is 0 Å². The summed E-state index contributed by atoms with van der Waals surface area (Å²) in [6.45, 7) is 5.49. The third-order valence-corrected chi connectivity index (χ3v) is 8.81. The molecular weight excluding hydrogens is 515 g/mol. The number of aromatic amines is 1. The first-order chi connectivity index (χ1) is 17.0. The summed E-state index contributed by atoms with van der Waals surface area (Å²) in [5, 5.41) is 9.38. The number of piperidine rings is 1. The first kappa shape index (κ1) is 25.4. The van der Waals surface area contributed by atoms with Gasteiger partial charge in [0.15, 0.2) is 0 Å². The van der Waals surface area contributed by atoms with Gasteiger partial charge in [-0.2, -0.15) is 5.10 Å². The van der Waals surface area contributed by atoms with Crippen LogP contribution in [0.1, 0.15) is 34.9 Å². The largest absolute Gasteiger partial charge is 0.302 e. The van der Waals surface area contributed by atoms with E-state index in [9.17, 15) is 4.79 Å². The van der Waals surface area contributed by atoms with E-state index in [1.54, 1.807) is 17.7 Å². The average Bonchev–Trinajstić information content (AvgIpc) is 3.50. The number of hydrogen-bond acceptors (Lipinski definition) is 6. The van der Waals surface area contributed by atoms with Crippen molar-refractivity contribution in [2.45, 2.75) is 38.3 Å². The number of H-pyrrole nitrogens is 1. The Morgan fingerprint density at radius 1 is 1.14 bits per heavy atom. The molecule has 36 heavy (non-hydrogen) atoms. The van der Waals surface area contributed by atoms with Gasteiger partial charge in [-0.1, -0.05) is 23.7 Å². The third-order valence-electron chi connectivity index (χ3n) is 7.43. The van der Waals surface area contributed by atoms with Crippen molar-refractivity contribution >= 4 is 45.6 Å². The summed E-state index contributed by atoms with van der Waals surface area (Å²) in [5.41, 5.74) is 4.61. The van der Waals surface area contributed by atoms with Crippen LogP contribution in [0.3, 0.4) is 0 Å². The number of rotatable bonds is 5. The fourth-order valence-electron chi connectivity index (χ4n) is 5.33. The topological polar surface area (TPSA) is 70.1 Å². The van der Waals surface area contributed by atoms with Crippen molar-refractivity contribution in [1.82, 2.24) is 29.5 Å². The highest BCUT2D eigenvalue weighted by Gasteiger charge is 2.24. The summed E-state index contributed by atoms with van der Waals surface area (Å²) in [7, 11) is 2.13. The summed E-state index contributed by atoms with van der Waals surface area (Å²) < 4.78 is 1.81. The molecule has 1 N–H and O–H groups in total. The van der Waals surface area contributed by atoms with E-state index in [2.05, 4.69) is 38.1 Å². The van der Waals surface area contributed by atoms with Gasteiger partial charge in [-0.3, -0.25) is 14.5 Å². The van der Waals surface area contributed by atoms with Crippen molar-refractivity contribution in [3.63, 3.8) is 0 Å². The van der Waals surface area contributed by atoms with Gasteiger partial charge >= 0.3 is 0 Å². The molecule has 0 unspecified atom stereocenters. The fraction of sp³-hybridized carbons (Fsp3) is 0.423. The van der Waals surface area contributed by atoms with Gasteiger partial charge < -0.3 is 9.80 Å². The first-order valence-corrected chi connectivity index (χ1v) is 13.5.